The third-order valence-electron chi connectivity index (χ3n) is 4.66. The lowest BCUT2D eigenvalue weighted by molar-refractivity contribution is -0.126. The number of halogens is 1. The molecular formula is C17H24ClNO2. The smallest absolute Gasteiger partial charge is 0.223 e. The Morgan fingerprint density at radius 3 is 2.76 bits per heavy atom. The summed E-state index contributed by atoms with van der Waals surface area (Å²) in [5, 5.41) is 13.4. The fraction of sp³-hybridized carbons (Fsp3) is 0.588. The highest BCUT2D eigenvalue weighted by atomic mass is 35.5. The van der Waals surface area contributed by atoms with Gasteiger partial charge in [0.25, 0.3) is 0 Å². The van der Waals surface area contributed by atoms with E-state index in [2.05, 4.69) is 12.2 Å². The highest BCUT2D eigenvalue weighted by Gasteiger charge is 2.39. The van der Waals surface area contributed by atoms with Crippen molar-refractivity contribution in [1.82, 2.24) is 5.32 Å². The summed E-state index contributed by atoms with van der Waals surface area (Å²) in [5.41, 5.74) is 0.939. The molecule has 1 aromatic carbocycles. The van der Waals surface area contributed by atoms with Crippen LogP contribution in [0.25, 0.3) is 0 Å². The molecule has 1 saturated carbocycles. The van der Waals surface area contributed by atoms with Gasteiger partial charge in [0.1, 0.15) is 0 Å². The molecule has 1 amide bonds. The molecule has 0 aromatic heterocycles. The average molecular weight is 310 g/mol. The van der Waals surface area contributed by atoms with Crippen molar-refractivity contribution in [3.05, 3.63) is 34.9 Å². The zero-order chi connectivity index (χ0) is 15.5. The minimum Gasteiger partial charge on any atom is -0.396 e. The van der Waals surface area contributed by atoms with Crippen molar-refractivity contribution in [3.63, 3.8) is 0 Å². The van der Waals surface area contributed by atoms with Crippen LogP contribution in [-0.2, 0) is 11.2 Å². The van der Waals surface area contributed by atoms with Gasteiger partial charge in [0.15, 0.2) is 0 Å². The predicted molar refractivity (Wildman–Crippen MR) is 85.3 cm³/mol. The Labute approximate surface area is 131 Å². The lowest BCUT2D eigenvalue weighted by Crippen LogP contribution is -2.46. The molecule has 4 heteroatoms. The van der Waals surface area contributed by atoms with Gasteiger partial charge in [-0.15, -0.1) is 0 Å². The van der Waals surface area contributed by atoms with Gasteiger partial charge in [0.2, 0.25) is 5.91 Å². The first-order valence-corrected chi connectivity index (χ1v) is 7.98. The molecule has 0 radical (unpaired) electrons. The van der Waals surface area contributed by atoms with Crippen LogP contribution in [0.15, 0.2) is 24.3 Å². The molecule has 3 atom stereocenters. The molecule has 0 saturated heterocycles. The molecular weight excluding hydrogens is 286 g/mol. The monoisotopic (exact) mass is 309 g/mol. The van der Waals surface area contributed by atoms with Crippen LogP contribution in [-0.4, -0.2) is 23.7 Å². The van der Waals surface area contributed by atoms with Gasteiger partial charge in [-0.3, -0.25) is 4.79 Å². The first kappa shape index (κ1) is 16.3. The van der Waals surface area contributed by atoms with Gasteiger partial charge in [-0.25, -0.2) is 0 Å². The molecule has 0 heterocycles. The molecule has 3 nitrogen and oxygen atoms in total. The summed E-state index contributed by atoms with van der Waals surface area (Å²) in [6.07, 6.45) is 3.69. The maximum atomic E-state index is 12.4. The van der Waals surface area contributed by atoms with E-state index in [-0.39, 0.29) is 29.9 Å². The Bertz CT molecular complexity index is 488. The van der Waals surface area contributed by atoms with E-state index in [1.165, 1.54) is 0 Å². The quantitative estimate of drug-likeness (QED) is 0.877. The van der Waals surface area contributed by atoms with Gasteiger partial charge in [-0.05, 0) is 37.0 Å². The minimum absolute atomic E-state index is 0.0662. The molecule has 2 N–H and O–H groups in total. The summed E-state index contributed by atoms with van der Waals surface area (Å²) in [7, 11) is 0. The van der Waals surface area contributed by atoms with E-state index in [4.69, 9.17) is 11.6 Å². The summed E-state index contributed by atoms with van der Waals surface area (Å²) in [6.45, 7) is 4.12. The van der Waals surface area contributed by atoms with Crippen LogP contribution in [0.4, 0.5) is 0 Å². The second kappa shape index (κ2) is 6.80. The van der Waals surface area contributed by atoms with Crippen LogP contribution in [0, 0.1) is 11.3 Å². The van der Waals surface area contributed by atoms with Crippen LogP contribution in [0.5, 0.6) is 0 Å². The number of nitrogens with one attached hydrogen (secondary N) is 1. The maximum absolute atomic E-state index is 12.4. The van der Waals surface area contributed by atoms with Crippen molar-refractivity contribution in [2.75, 3.05) is 6.61 Å². The topological polar surface area (TPSA) is 49.3 Å². The Kier molecular flexibility index (Phi) is 5.28. The van der Waals surface area contributed by atoms with Gasteiger partial charge in [0.05, 0.1) is 6.61 Å². The van der Waals surface area contributed by atoms with Crippen molar-refractivity contribution in [2.45, 2.75) is 45.6 Å². The van der Waals surface area contributed by atoms with Crippen LogP contribution in [0.1, 0.15) is 38.7 Å². The van der Waals surface area contributed by atoms with Gasteiger partial charge in [-0.1, -0.05) is 44.0 Å². The van der Waals surface area contributed by atoms with Crippen molar-refractivity contribution >= 4 is 17.5 Å². The van der Waals surface area contributed by atoms with Gasteiger partial charge in [0, 0.05) is 22.4 Å². The molecule has 116 valence electrons. The van der Waals surface area contributed by atoms with Crippen LogP contribution >= 0.6 is 11.6 Å². The Hall–Kier alpha value is -1.06. The third kappa shape index (κ3) is 3.98. The molecule has 0 aliphatic heterocycles. The number of aliphatic hydroxyl groups excluding tert-OH is 1. The molecule has 21 heavy (non-hydrogen) atoms. The predicted octanol–water partition coefficient (Wildman–Crippen LogP) is 3.19. The lowest BCUT2D eigenvalue weighted by Gasteiger charge is -2.31. The Morgan fingerprint density at radius 1 is 1.48 bits per heavy atom. The molecule has 0 spiro atoms. The van der Waals surface area contributed by atoms with E-state index >= 15 is 0 Å². The van der Waals surface area contributed by atoms with Gasteiger partial charge < -0.3 is 10.4 Å². The van der Waals surface area contributed by atoms with Crippen molar-refractivity contribution in [2.24, 2.45) is 11.3 Å². The first-order valence-electron chi connectivity index (χ1n) is 7.60. The Morgan fingerprint density at radius 2 is 2.14 bits per heavy atom. The lowest BCUT2D eigenvalue weighted by atomic mass is 9.85. The summed E-state index contributed by atoms with van der Waals surface area (Å²) < 4.78 is 0. The fourth-order valence-corrected chi connectivity index (χ4v) is 3.18. The highest BCUT2D eigenvalue weighted by molar-refractivity contribution is 6.30. The number of carbonyl (C=O) groups is 1. The minimum atomic E-state index is -0.171. The SMILES string of the molecule is CC(Cc1ccc(Cl)cc1)C(=O)NC1CCCC1(C)CO. The van der Waals surface area contributed by atoms with Crippen molar-refractivity contribution in [1.29, 1.82) is 0 Å². The summed E-state index contributed by atoms with van der Waals surface area (Å²) >= 11 is 5.87. The van der Waals surface area contributed by atoms with Gasteiger partial charge >= 0.3 is 0 Å². The van der Waals surface area contributed by atoms with E-state index in [0.717, 1.165) is 24.8 Å². The highest BCUT2D eigenvalue weighted by Crippen LogP contribution is 2.37. The molecule has 1 aromatic rings. The second-order valence-electron chi connectivity index (χ2n) is 6.50. The van der Waals surface area contributed by atoms with Crippen molar-refractivity contribution < 1.29 is 9.90 Å². The van der Waals surface area contributed by atoms with E-state index in [1.807, 2.05) is 31.2 Å². The summed E-state index contributed by atoms with van der Waals surface area (Å²) in [6, 6.07) is 7.70. The number of aliphatic hydroxyl groups is 1. The molecule has 0 bridgehead atoms. The van der Waals surface area contributed by atoms with E-state index in [0.29, 0.717) is 11.4 Å². The van der Waals surface area contributed by atoms with Crippen LogP contribution in [0.3, 0.4) is 0 Å². The maximum Gasteiger partial charge on any atom is 0.223 e. The molecule has 1 aliphatic rings. The van der Waals surface area contributed by atoms with Crippen molar-refractivity contribution in [3.8, 4) is 0 Å². The number of amides is 1. The third-order valence-corrected chi connectivity index (χ3v) is 4.91. The largest absolute Gasteiger partial charge is 0.396 e. The first-order chi connectivity index (χ1) is 9.94. The summed E-state index contributed by atoms with van der Waals surface area (Å²) in [5.74, 6) is -0.0220. The standard InChI is InChI=1S/C17H24ClNO2/c1-12(10-13-5-7-14(18)8-6-13)16(21)19-15-4-3-9-17(15,2)11-20/h5-8,12,15,20H,3-4,9-11H2,1-2H3,(H,19,21). The van der Waals surface area contributed by atoms with E-state index in [1.54, 1.807) is 0 Å². The number of hydrogen-bond acceptors (Lipinski definition) is 2. The molecule has 3 unspecified atom stereocenters. The molecule has 2 rings (SSSR count). The van der Waals surface area contributed by atoms with Crippen LogP contribution < -0.4 is 5.32 Å². The average Bonchev–Trinajstić information content (AvgIpc) is 2.83. The summed E-state index contributed by atoms with van der Waals surface area (Å²) in [4.78, 5) is 12.4. The van der Waals surface area contributed by atoms with Crippen LogP contribution in [0.2, 0.25) is 5.02 Å². The fourth-order valence-electron chi connectivity index (χ4n) is 3.05. The number of carbonyl (C=O) groups excluding carboxylic acids is 1. The molecule has 1 aliphatic carbocycles. The molecule has 1 fully saturated rings. The zero-order valence-corrected chi connectivity index (χ0v) is 13.5. The van der Waals surface area contributed by atoms with Gasteiger partial charge in [-0.2, -0.15) is 0 Å². The number of rotatable bonds is 5. The second-order valence-corrected chi connectivity index (χ2v) is 6.93. The normalized spacial score (nSPS) is 26.6. The Balaban J connectivity index is 1.92. The number of hydrogen-bond donors (Lipinski definition) is 2. The zero-order valence-electron chi connectivity index (χ0n) is 12.7. The van der Waals surface area contributed by atoms with E-state index in [9.17, 15) is 9.90 Å². The number of benzene rings is 1. The van der Waals surface area contributed by atoms with E-state index < -0.39 is 0 Å².